The van der Waals surface area contributed by atoms with E-state index in [0.29, 0.717) is 0 Å². The molecule has 0 radical (unpaired) electrons. The first-order valence-electron chi connectivity index (χ1n) is 6.46. The fourth-order valence-corrected chi connectivity index (χ4v) is 2.52. The maximum atomic E-state index is 5.31. The summed E-state index contributed by atoms with van der Waals surface area (Å²) in [6, 6.07) is 15.8. The van der Waals surface area contributed by atoms with Crippen molar-refractivity contribution in [1.82, 2.24) is 9.55 Å². The molecule has 3 aromatic rings. The Morgan fingerprint density at radius 1 is 1.14 bits per heavy atom. The molecular weight excluding hydrogens is 330 g/mol. The van der Waals surface area contributed by atoms with Crippen LogP contribution >= 0.6 is 15.9 Å². The molecule has 0 aliphatic carbocycles. The Morgan fingerprint density at radius 2 is 1.95 bits per heavy atom. The first-order valence-corrected chi connectivity index (χ1v) is 7.26. The highest BCUT2D eigenvalue weighted by Crippen LogP contribution is 2.26. The van der Waals surface area contributed by atoms with Gasteiger partial charge in [0.2, 0.25) is 5.95 Å². The summed E-state index contributed by atoms with van der Waals surface area (Å²) in [6.45, 7) is 0. The number of benzene rings is 2. The Morgan fingerprint density at radius 3 is 2.71 bits per heavy atom. The molecule has 0 saturated heterocycles. The van der Waals surface area contributed by atoms with Crippen molar-refractivity contribution in [2.75, 3.05) is 12.4 Å². The van der Waals surface area contributed by atoms with Crippen LogP contribution in [-0.2, 0) is 0 Å². The van der Waals surface area contributed by atoms with Gasteiger partial charge >= 0.3 is 0 Å². The van der Waals surface area contributed by atoms with Gasteiger partial charge in [-0.2, -0.15) is 0 Å². The molecule has 106 valence electrons. The van der Waals surface area contributed by atoms with Crippen LogP contribution in [0.5, 0.6) is 5.75 Å². The summed E-state index contributed by atoms with van der Waals surface area (Å²) < 4.78 is 8.24. The number of halogens is 1. The zero-order valence-corrected chi connectivity index (χ0v) is 13.0. The Bertz CT molecular complexity index is 740. The largest absolute Gasteiger partial charge is 0.497 e. The molecule has 0 aliphatic heterocycles. The minimum absolute atomic E-state index is 0.751. The van der Waals surface area contributed by atoms with Crippen LogP contribution in [0.2, 0.25) is 0 Å². The van der Waals surface area contributed by atoms with Gasteiger partial charge in [-0.1, -0.05) is 34.1 Å². The number of methoxy groups -OCH3 is 1. The first kappa shape index (κ1) is 13.7. The Balaban J connectivity index is 1.97. The molecule has 4 nitrogen and oxygen atoms in total. The summed E-state index contributed by atoms with van der Waals surface area (Å²) in [6.07, 6.45) is 3.67. The third-order valence-electron chi connectivity index (χ3n) is 3.04. The Hall–Kier alpha value is -2.27. The quantitative estimate of drug-likeness (QED) is 0.763. The molecule has 0 fully saturated rings. The minimum Gasteiger partial charge on any atom is -0.497 e. The van der Waals surface area contributed by atoms with Gasteiger partial charge in [-0.15, -0.1) is 0 Å². The van der Waals surface area contributed by atoms with Gasteiger partial charge in [0.1, 0.15) is 5.75 Å². The molecule has 0 unspecified atom stereocenters. The van der Waals surface area contributed by atoms with Crippen LogP contribution in [0.3, 0.4) is 0 Å². The van der Waals surface area contributed by atoms with E-state index in [1.807, 2.05) is 59.3 Å². The van der Waals surface area contributed by atoms with Crippen molar-refractivity contribution in [3.05, 3.63) is 65.4 Å². The van der Waals surface area contributed by atoms with E-state index in [2.05, 4.69) is 26.2 Å². The molecule has 0 amide bonds. The lowest BCUT2D eigenvalue weighted by atomic mass is 10.3. The lowest BCUT2D eigenvalue weighted by Crippen LogP contribution is -2.01. The highest BCUT2D eigenvalue weighted by atomic mass is 79.9. The fourth-order valence-electron chi connectivity index (χ4n) is 2.06. The van der Waals surface area contributed by atoms with E-state index in [1.165, 1.54) is 0 Å². The van der Waals surface area contributed by atoms with E-state index in [1.54, 1.807) is 13.3 Å². The molecule has 5 heteroatoms. The van der Waals surface area contributed by atoms with Crippen molar-refractivity contribution in [3.8, 4) is 11.4 Å². The molecule has 1 aromatic heterocycles. The molecule has 0 spiro atoms. The molecule has 0 bridgehead atoms. The van der Waals surface area contributed by atoms with Crippen LogP contribution in [-0.4, -0.2) is 16.7 Å². The molecule has 3 rings (SSSR count). The molecule has 1 heterocycles. The van der Waals surface area contributed by atoms with Gasteiger partial charge < -0.3 is 10.1 Å². The van der Waals surface area contributed by atoms with Gasteiger partial charge in [0, 0.05) is 28.6 Å². The van der Waals surface area contributed by atoms with E-state index in [-0.39, 0.29) is 0 Å². The molecule has 0 aliphatic rings. The average molecular weight is 344 g/mol. The van der Waals surface area contributed by atoms with Crippen LogP contribution in [0, 0.1) is 0 Å². The predicted octanol–water partition coefficient (Wildman–Crippen LogP) is 4.39. The second-order valence-corrected chi connectivity index (χ2v) is 5.38. The maximum Gasteiger partial charge on any atom is 0.212 e. The molecular formula is C16H14BrN3O. The number of para-hydroxylation sites is 1. The van der Waals surface area contributed by atoms with Gasteiger partial charge in [-0.25, -0.2) is 4.98 Å². The van der Waals surface area contributed by atoms with Crippen molar-refractivity contribution in [2.45, 2.75) is 0 Å². The van der Waals surface area contributed by atoms with Crippen molar-refractivity contribution >= 4 is 27.6 Å². The summed E-state index contributed by atoms with van der Waals surface area (Å²) in [7, 11) is 1.66. The lowest BCUT2D eigenvalue weighted by Gasteiger charge is -2.11. The van der Waals surface area contributed by atoms with Crippen LogP contribution < -0.4 is 10.1 Å². The van der Waals surface area contributed by atoms with Gasteiger partial charge in [-0.3, -0.25) is 4.57 Å². The van der Waals surface area contributed by atoms with Crippen LogP contribution in [0.25, 0.3) is 5.69 Å². The van der Waals surface area contributed by atoms with Gasteiger partial charge in [-0.05, 0) is 24.3 Å². The fraction of sp³-hybridized carbons (Fsp3) is 0.0625. The monoisotopic (exact) mass is 343 g/mol. The topological polar surface area (TPSA) is 39.1 Å². The van der Waals surface area contributed by atoms with Gasteiger partial charge in [0.05, 0.1) is 12.8 Å². The first-order chi connectivity index (χ1) is 10.3. The third-order valence-corrected chi connectivity index (χ3v) is 3.50. The van der Waals surface area contributed by atoms with E-state index < -0.39 is 0 Å². The normalized spacial score (nSPS) is 10.4. The summed E-state index contributed by atoms with van der Waals surface area (Å²) in [5.41, 5.74) is 1.96. The number of rotatable bonds is 4. The highest BCUT2D eigenvalue weighted by molar-refractivity contribution is 9.10. The molecule has 2 aromatic carbocycles. The molecule has 0 atom stereocenters. The zero-order valence-electron chi connectivity index (χ0n) is 11.5. The van der Waals surface area contributed by atoms with E-state index in [0.717, 1.165) is 27.5 Å². The number of ether oxygens (including phenoxy) is 1. The maximum absolute atomic E-state index is 5.31. The van der Waals surface area contributed by atoms with Crippen LogP contribution in [0.4, 0.5) is 11.6 Å². The molecule has 1 N–H and O–H groups in total. The summed E-state index contributed by atoms with van der Waals surface area (Å²) in [5, 5.41) is 3.30. The number of aromatic nitrogens is 2. The van der Waals surface area contributed by atoms with Crippen molar-refractivity contribution in [1.29, 1.82) is 0 Å². The second kappa shape index (κ2) is 6.01. The summed E-state index contributed by atoms with van der Waals surface area (Å²) >= 11 is 3.50. The minimum atomic E-state index is 0.751. The predicted molar refractivity (Wildman–Crippen MR) is 87.5 cm³/mol. The highest BCUT2D eigenvalue weighted by Gasteiger charge is 2.07. The van der Waals surface area contributed by atoms with Gasteiger partial charge in [0.15, 0.2) is 0 Å². The second-order valence-electron chi connectivity index (χ2n) is 4.46. The number of anilines is 2. The van der Waals surface area contributed by atoms with Crippen LogP contribution in [0.1, 0.15) is 0 Å². The number of nitrogens with zero attached hydrogens (tertiary/aromatic N) is 2. The Labute approximate surface area is 131 Å². The number of imidazole rings is 1. The lowest BCUT2D eigenvalue weighted by molar-refractivity contribution is 0.414. The Kier molecular flexibility index (Phi) is 3.92. The van der Waals surface area contributed by atoms with Crippen molar-refractivity contribution in [3.63, 3.8) is 0 Å². The number of hydrogen-bond donors (Lipinski definition) is 1. The number of nitrogens with one attached hydrogen (secondary N) is 1. The standard InChI is InChI=1S/C16H14BrN3O/c1-21-15-10-12(17)9-14(11-15)20-8-7-18-16(20)19-13-5-3-2-4-6-13/h2-11H,1H3,(H,18,19). The number of hydrogen-bond acceptors (Lipinski definition) is 3. The zero-order chi connectivity index (χ0) is 14.7. The SMILES string of the molecule is COc1cc(Br)cc(-n2ccnc2Nc2ccccc2)c1. The molecule has 21 heavy (non-hydrogen) atoms. The summed E-state index contributed by atoms with van der Waals surface area (Å²) in [4.78, 5) is 4.37. The van der Waals surface area contributed by atoms with Gasteiger partial charge in [0.25, 0.3) is 0 Å². The van der Waals surface area contributed by atoms with E-state index in [4.69, 9.17) is 4.74 Å². The summed E-state index contributed by atoms with van der Waals surface area (Å²) in [5.74, 6) is 1.54. The van der Waals surface area contributed by atoms with Crippen molar-refractivity contribution in [2.24, 2.45) is 0 Å². The van der Waals surface area contributed by atoms with Crippen LogP contribution in [0.15, 0.2) is 65.4 Å². The van der Waals surface area contributed by atoms with Crippen molar-refractivity contribution < 1.29 is 4.74 Å². The van der Waals surface area contributed by atoms with E-state index in [9.17, 15) is 0 Å². The third kappa shape index (κ3) is 3.08. The smallest absolute Gasteiger partial charge is 0.212 e. The average Bonchev–Trinajstić information content (AvgIpc) is 2.96. The van der Waals surface area contributed by atoms with E-state index >= 15 is 0 Å². The molecule has 0 saturated carbocycles.